The van der Waals surface area contributed by atoms with Crippen LogP contribution in [0.25, 0.3) is 5.69 Å². The van der Waals surface area contributed by atoms with Crippen LogP contribution < -0.4 is 5.32 Å². The maximum atomic E-state index is 12.4. The van der Waals surface area contributed by atoms with Crippen molar-refractivity contribution in [3.05, 3.63) is 48.3 Å². The van der Waals surface area contributed by atoms with Crippen LogP contribution in [-0.4, -0.2) is 58.8 Å². The molecule has 1 saturated heterocycles. The Morgan fingerprint density at radius 2 is 2.12 bits per heavy atom. The van der Waals surface area contributed by atoms with E-state index >= 15 is 0 Å². The summed E-state index contributed by atoms with van der Waals surface area (Å²) in [6.45, 7) is 2.12. The van der Waals surface area contributed by atoms with Crippen LogP contribution in [0.3, 0.4) is 0 Å². The van der Waals surface area contributed by atoms with Gasteiger partial charge in [-0.05, 0) is 39.1 Å². The molecule has 0 unspecified atom stereocenters. The van der Waals surface area contributed by atoms with Crippen LogP contribution in [0, 0.1) is 0 Å². The number of hydrogen-bond donors (Lipinski definition) is 1. The van der Waals surface area contributed by atoms with Crippen LogP contribution in [0.2, 0.25) is 0 Å². The molecule has 1 fully saturated rings. The third-order valence-electron chi connectivity index (χ3n) is 4.51. The van der Waals surface area contributed by atoms with Gasteiger partial charge >= 0.3 is 6.03 Å². The molecule has 0 bridgehead atoms. The van der Waals surface area contributed by atoms with E-state index < -0.39 is 0 Å². The Hall–Kier alpha value is -2.34. The maximum Gasteiger partial charge on any atom is 0.317 e. The minimum absolute atomic E-state index is 0.00834. The van der Waals surface area contributed by atoms with Crippen LogP contribution in [0.4, 0.5) is 4.79 Å². The zero-order valence-corrected chi connectivity index (χ0v) is 14.4. The van der Waals surface area contributed by atoms with Gasteiger partial charge in [0.1, 0.15) is 0 Å². The smallest absolute Gasteiger partial charge is 0.317 e. The van der Waals surface area contributed by atoms with E-state index in [1.807, 2.05) is 46.1 Å². The molecule has 1 aromatic carbocycles. The number of nitrogens with one attached hydrogen (secondary N) is 1. The van der Waals surface area contributed by atoms with Crippen molar-refractivity contribution in [1.29, 1.82) is 0 Å². The summed E-state index contributed by atoms with van der Waals surface area (Å²) in [5.74, 6) is 0. The number of amides is 2. The molecule has 1 aliphatic heterocycles. The van der Waals surface area contributed by atoms with Gasteiger partial charge in [-0.2, -0.15) is 5.10 Å². The summed E-state index contributed by atoms with van der Waals surface area (Å²) in [4.78, 5) is 16.5. The first kappa shape index (κ1) is 16.5. The van der Waals surface area contributed by atoms with Crippen molar-refractivity contribution < 1.29 is 4.79 Å². The number of benzene rings is 1. The Kier molecular flexibility index (Phi) is 5.15. The summed E-state index contributed by atoms with van der Waals surface area (Å²) < 4.78 is 1.82. The van der Waals surface area contributed by atoms with Crippen molar-refractivity contribution in [3.8, 4) is 5.69 Å². The number of piperidine rings is 1. The van der Waals surface area contributed by atoms with E-state index in [0.717, 1.165) is 37.2 Å². The number of urea groups is 1. The highest BCUT2D eigenvalue weighted by Gasteiger charge is 2.24. The fourth-order valence-electron chi connectivity index (χ4n) is 3.02. The SMILES string of the molecule is CN(C)[C@@H]1CCCN(C(=O)NCc2cnn(-c3ccccc3)c2)C1. The number of carbonyl (C=O) groups excluding carboxylic acids is 1. The molecule has 0 saturated carbocycles. The van der Waals surface area contributed by atoms with Crippen LogP contribution >= 0.6 is 0 Å². The molecule has 2 aromatic rings. The summed E-state index contributed by atoms with van der Waals surface area (Å²) in [6.07, 6.45) is 5.96. The summed E-state index contributed by atoms with van der Waals surface area (Å²) >= 11 is 0. The van der Waals surface area contributed by atoms with Crippen LogP contribution in [0.15, 0.2) is 42.7 Å². The van der Waals surface area contributed by atoms with Gasteiger partial charge in [-0.15, -0.1) is 0 Å². The van der Waals surface area contributed by atoms with Gasteiger partial charge in [-0.1, -0.05) is 18.2 Å². The Morgan fingerprint density at radius 1 is 1.33 bits per heavy atom. The van der Waals surface area contributed by atoms with E-state index in [9.17, 15) is 4.79 Å². The lowest BCUT2D eigenvalue weighted by Gasteiger charge is -2.36. The second-order valence-electron chi connectivity index (χ2n) is 6.49. The summed E-state index contributed by atoms with van der Waals surface area (Å²) in [6, 6.07) is 10.4. The first-order valence-electron chi connectivity index (χ1n) is 8.41. The van der Waals surface area contributed by atoms with E-state index in [1.165, 1.54) is 0 Å². The zero-order valence-electron chi connectivity index (χ0n) is 14.4. The first-order valence-corrected chi connectivity index (χ1v) is 8.41. The predicted octanol–water partition coefficient (Wildman–Crippen LogP) is 2.11. The predicted molar refractivity (Wildman–Crippen MR) is 94.1 cm³/mol. The molecule has 0 aliphatic carbocycles. The van der Waals surface area contributed by atoms with Gasteiger partial charge in [0.2, 0.25) is 0 Å². The third-order valence-corrected chi connectivity index (χ3v) is 4.51. The lowest BCUT2D eigenvalue weighted by Crippen LogP contribution is -2.50. The van der Waals surface area contributed by atoms with Crippen molar-refractivity contribution in [2.45, 2.75) is 25.4 Å². The Balaban J connectivity index is 1.54. The van der Waals surface area contributed by atoms with E-state index in [1.54, 1.807) is 6.20 Å². The van der Waals surface area contributed by atoms with Gasteiger partial charge in [0.25, 0.3) is 0 Å². The number of likely N-dealkylation sites (tertiary alicyclic amines) is 1. The molecule has 1 atom stereocenters. The topological polar surface area (TPSA) is 53.4 Å². The molecule has 1 N–H and O–H groups in total. The molecular formula is C18H25N5O. The first-order chi connectivity index (χ1) is 11.6. The van der Waals surface area contributed by atoms with E-state index in [0.29, 0.717) is 12.6 Å². The minimum atomic E-state index is 0.00834. The molecule has 128 valence electrons. The highest BCUT2D eigenvalue weighted by atomic mass is 16.2. The minimum Gasteiger partial charge on any atom is -0.334 e. The second kappa shape index (κ2) is 7.49. The number of nitrogens with zero attached hydrogens (tertiary/aromatic N) is 4. The van der Waals surface area contributed by atoms with Crippen LogP contribution in [-0.2, 0) is 6.54 Å². The van der Waals surface area contributed by atoms with E-state index in [-0.39, 0.29) is 6.03 Å². The fraction of sp³-hybridized carbons (Fsp3) is 0.444. The van der Waals surface area contributed by atoms with E-state index in [2.05, 4.69) is 29.4 Å². The van der Waals surface area contributed by atoms with Gasteiger partial charge in [0.15, 0.2) is 0 Å². The van der Waals surface area contributed by atoms with Crippen molar-refractivity contribution in [2.24, 2.45) is 0 Å². The molecule has 6 heteroatoms. The molecule has 1 aliphatic rings. The van der Waals surface area contributed by atoms with Gasteiger partial charge in [-0.25, -0.2) is 9.48 Å². The monoisotopic (exact) mass is 327 g/mol. The molecule has 1 aromatic heterocycles. The van der Waals surface area contributed by atoms with Crippen molar-refractivity contribution in [1.82, 2.24) is 24.9 Å². The molecule has 2 heterocycles. The average molecular weight is 327 g/mol. The number of para-hydroxylation sites is 1. The zero-order chi connectivity index (χ0) is 16.9. The molecule has 6 nitrogen and oxygen atoms in total. The Labute approximate surface area is 143 Å². The number of likely N-dealkylation sites (N-methyl/N-ethyl adjacent to an activating group) is 1. The maximum absolute atomic E-state index is 12.4. The highest BCUT2D eigenvalue weighted by Crippen LogP contribution is 2.14. The quantitative estimate of drug-likeness (QED) is 0.936. The van der Waals surface area contributed by atoms with Gasteiger partial charge in [0, 0.05) is 37.4 Å². The van der Waals surface area contributed by atoms with Crippen LogP contribution in [0.5, 0.6) is 0 Å². The number of rotatable bonds is 4. The fourth-order valence-corrected chi connectivity index (χ4v) is 3.02. The average Bonchev–Trinajstić information content (AvgIpc) is 3.09. The lowest BCUT2D eigenvalue weighted by molar-refractivity contribution is 0.140. The van der Waals surface area contributed by atoms with Gasteiger partial charge < -0.3 is 15.1 Å². The molecule has 0 radical (unpaired) electrons. The molecule has 3 rings (SSSR count). The third kappa shape index (κ3) is 3.94. The Bertz CT molecular complexity index is 667. The molecule has 24 heavy (non-hydrogen) atoms. The van der Waals surface area contributed by atoms with Gasteiger partial charge in [0.05, 0.1) is 11.9 Å². The largest absolute Gasteiger partial charge is 0.334 e. The summed E-state index contributed by atoms with van der Waals surface area (Å²) in [7, 11) is 4.15. The standard InChI is InChI=1S/C18H25N5O/c1-21(2)17-9-6-10-22(14-17)18(24)19-11-15-12-20-23(13-15)16-7-4-3-5-8-16/h3-5,7-8,12-13,17H,6,9-11,14H2,1-2H3,(H,19,24)/t17-/m1/s1. The number of hydrogen-bond acceptors (Lipinski definition) is 3. The second-order valence-corrected chi connectivity index (χ2v) is 6.49. The number of carbonyl (C=O) groups is 1. The lowest BCUT2D eigenvalue weighted by atomic mass is 10.1. The van der Waals surface area contributed by atoms with E-state index in [4.69, 9.17) is 0 Å². The number of aromatic nitrogens is 2. The highest BCUT2D eigenvalue weighted by molar-refractivity contribution is 5.74. The van der Waals surface area contributed by atoms with Crippen molar-refractivity contribution in [2.75, 3.05) is 27.2 Å². The summed E-state index contributed by atoms with van der Waals surface area (Å²) in [5, 5.41) is 7.37. The summed E-state index contributed by atoms with van der Waals surface area (Å²) in [5.41, 5.74) is 2.01. The van der Waals surface area contributed by atoms with Crippen molar-refractivity contribution in [3.63, 3.8) is 0 Å². The van der Waals surface area contributed by atoms with Gasteiger partial charge in [-0.3, -0.25) is 0 Å². The Morgan fingerprint density at radius 3 is 2.88 bits per heavy atom. The normalized spacial score (nSPS) is 18.0. The van der Waals surface area contributed by atoms with Crippen molar-refractivity contribution >= 4 is 6.03 Å². The molecule has 2 amide bonds. The molecule has 0 spiro atoms. The van der Waals surface area contributed by atoms with Crippen LogP contribution in [0.1, 0.15) is 18.4 Å². The molecular weight excluding hydrogens is 302 g/mol.